The highest BCUT2D eigenvalue weighted by molar-refractivity contribution is 7.45. The summed E-state index contributed by atoms with van der Waals surface area (Å²) < 4.78 is 34.5. The van der Waals surface area contributed by atoms with Crippen molar-refractivity contribution in [3.05, 3.63) is 60.8 Å². The number of ether oxygens (including phenoxy) is 2. The highest BCUT2D eigenvalue weighted by atomic mass is 31.2. The van der Waals surface area contributed by atoms with Crippen LogP contribution in [-0.4, -0.2) is 70.7 Å². The number of allylic oxidation sites excluding steroid dienone is 10. The third kappa shape index (κ3) is 45.1. The van der Waals surface area contributed by atoms with Crippen LogP contribution in [0.3, 0.4) is 0 Å². The quantitative estimate of drug-likeness (QED) is 0.0199. The van der Waals surface area contributed by atoms with E-state index in [4.69, 9.17) is 18.5 Å². The van der Waals surface area contributed by atoms with Gasteiger partial charge in [0, 0.05) is 13.0 Å². The number of phosphoric acid groups is 1. The zero-order valence-electron chi connectivity index (χ0n) is 37.5. The molecular formula is C48H88NO7P. The van der Waals surface area contributed by atoms with E-state index in [1.807, 2.05) is 21.1 Å². The highest BCUT2D eigenvalue weighted by Crippen LogP contribution is 2.38. The fraction of sp³-hybridized carbons (Fsp3) is 0.771. The number of hydrogen-bond acceptors (Lipinski definition) is 7. The number of quaternary nitrogens is 1. The van der Waals surface area contributed by atoms with Crippen molar-refractivity contribution < 1.29 is 37.3 Å². The average molecular weight is 822 g/mol. The molecule has 2 atom stereocenters. The summed E-state index contributed by atoms with van der Waals surface area (Å²) in [4.78, 5) is 25.0. The Morgan fingerprint density at radius 2 is 1.02 bits per heavy atom. The van der Waals surface area contributed by atoms with Crippen molar-refractivity contribution in [3.8, 4) is 0 Å². The third-order valence-corrected chi connectivity index (χ3v) is 10.5. The van der Waals surface area contributed by atoms with Crippen LogP contribution in [0.1, 0.15) is 181 Å². The molecule has 332 valence electrons. The van der Waals surface area contributed by atoms with Gasteiger partial charge in [0.05, 0.1) is 34.4 Å². The normalized spacial score (nSPS) is 14.3. The smallest absolute Gasteiger partial charge is 0.306 e. The minimum absolute atomic E-state index is 0.0241. The number of hydrogen-bond donors (Lipinski definition) is 0. The van der Waals surface area contributed by atoms with Crippen molar-refractivity contribution in [1.29, 1.82) is 0 Å². The molecule has 0 radical (unpaired) electrons. The Morgan fingerprint density at radius 3 is 1.53 bits per heavy atom. The van der Waals surface area contributed by atoms with Crippen LogP contribution in [0, 0.1) is 0 Å². The second-order valence-corrected chi connectivity index (χ2v) is 17.8. The van der Waals surface area contributed by atoms with E-state index in [9.17, 15) is 14.3 Å². The molecule has 0 bridgehead atoms. The number of carbonyl (C=O) groups is 1. The van der Waals surface area contributed by atoms with E-state index in [1.54, 1.807) is 0 Å². The molecule has 0 aromatic rings. The standard InChI is InChI=1S/C48H88NO7P/c1-6-8-10-12-14-16-17-18-19-20-21-22-23-24-25-26-27-28-29-30-31-32-34-36-38-40-43-53-45-47(46-55-57(51,52)54-44-42-49(3,4)5)56-48(50)41-39-37-35-33-15-13-11-9-7-2/h8,10,14,16,18-19,21-22,24-25,47H,6-7,9,11-13,15,17,20,23,26-46H2,1-5H3/b10-8-,16-14-,19-18-,22-21-,25-24-. The predicted octanol–water partition coefficient (Wildman–Crippen LogP) is 13.1. The van der Waals surface area contributed by atoms with Gasteiger partial charge in [0.2, 0.25) is 0 Å². The summed E-state index contributed by atoms with van der Waals surface area (Å²) >= 11 is 0. The monoisotopic (exact) mass is 822 g/mol. The molecule has 0 aliphatic heterocycles. The van der Waals surface area contributed by atoms with Gasteiger partial charge < -0.3 is 27.9 Å². The molecule has 0 fully saturated rings. The maximum atomic E-state index is 12.6. The van der Waals surface area contributed by atoms with Crippen molar-refractivity contribution in [1.82, 2.24) is 0 Å². The number of nitrogens with zero attached hydrogens (tertiary/aromatic N) is 1. The summed E-state index contributed by atoms with van der Waals surface area (Å²) in [5.74, 6) is -0.341. The van der Waals surface area contributed by atoms with Gasteiger partial charge in [0.25, 0.3) is 7.82 Å². The van der Waals surface area contributed by atoms with Crippen molar-refractivity contribution >= 4 is 13.8 Å². The molecular weight excluding hydrogens is 734 g/mol. The fourth-order valence-corrected chi connectivity index (χ4v) is 6.77. The molecule has 0 aromatic heterocycles. The average Bonchev–Trinajstić information content (AvgIpc) is 3.16. The van der Waals surface area contributed by atoms with Crippen LogP contribution >= 0.6 is 7.82 Å². The van der Waals surface area contributed by atoms with Gasteiger partial charge in [-0.3, -0.25) is 9.36 Å². The van der Waals surface area contributed by atoms with Crippen molar-refractivity contribution in [3.63, 3.8) is 0 Å². The van der Waals surface area contributed by atoms with Crippen molar-refractivity contribution in [2.45, 2.75) is 187 Å². The number of unbranched alkanes of at least 4 members (excludes halogenated alkanes) is 18. The Labute approximate surface area is 351 Å². The van der Waals surface area contributed by atoms with E-state index in [0.29, 0.717) is 24.1 Å². The van der Waals surface area contributed by atoms with Crippen LogP contribution in [0.15, 0.2) is 60.8 Å². The zero-order chi connectivity index (χ0) is 42.0. The number of phosphoric ester groups is 1. The molecule has 57 heavy (non-hydrogen) atoms. The van der Waals surface area contributed by atoms with Gasteiger partial charge in [-0.2, -0.15) is 0 Å². The Morgan fingerprint density at radius 1 is 0.561 bits per heavy atom. The van der Waals surface area contributed by atoms with E-state index >= 15 is 0 Å². The van der Waals surface area contributed by atoms with Crippen LogP contribution in [0.5, 0.6) is 0 Å². The van der Waals surface area contributed by atoms with Crippen LogP contribution in [0.4, 0.5) is 0 Å². The molecule has 2 unspecified atom stereocenters. The first-order chi connectivity index (χ1) is 27.6. The minimum atomic E-state index is -4.52. The van der Waals surface area contributed by atoms with E-state index in [-0.39, 0.29) is 25.8 Å². The molecule has 0 aliphatic rings. The fourth-order valence-electron chi connectivity index (χ4n) is 6.04. The lowest BCUT2D eigenvalue weighted by Gasteiger charge is -2.28. The Bertz CT molecular complexity index is 1090. The summed E-state index contributed by atoms with van der Waals surface area (Å²) in [7, 11) is 1.35. The molecule has 0 amide bonds. The SMILES string of the molecule is CC/C=C\C/C=C\C/C=C\C/C=C\C/C=C\CCCCCCCCCCCCOCC(COP(=O)([O-])OCC[N+](C)(C)C)OC(=O)CCCCCCCCCCC. The molecule has 0 heterocycles. The first-order valence-electron chi connectivity index (χ1n) is 23.0. The third-order valence-electron chi connectivity index (χ3n) is 9.58. The van der Waals surface area contributed by atoms with E-state index < -0.39 is 13.9 Å². The topological polar surface area (TPSA) is 94.1 Å². The van der Waals surface area contributed by atoms with Gasteiger partial charge in [-0.05, 0) is 57.8 Å². The maximum absolute atomic E-state index is 12.6. The zero-order valence-corrected chi connectivity index (χ0v) is 38.4. The maximum Gasteiger partial charge on any atom is 0.306 e. The summed E-state index contributed by atoms with van der Waals surface area (Å²) in [6.45, 7) is 5.26. The van der Waals surface area contributed by atoms with Crippen molar-refractivity contribution in [2.75, 3.05) is 54.1 Å². The van der Waals surface area contributed by atoms with E-state index in [2.05, 4.69) is 74.6 Å². The first-order valence-corrected chi connectivity index (χ1v) is 24.5. The molecule has 0 N–H and O–H groups in total. The van der Waals surface area contributed by atoms with Gasteiger partial charge in [0.15, 0.2) is 0 Å². The van der Waals surface area contributed by atoms with E-state index in [1.165, 1.54) is 96.3 Å². The summed E-state index contributed by atoms with van der Waals surface area (Å²) in [6.07, 6.45) is 51.0. The Hall–Kier alpha value is -1.80. The number of carbonyl (C=O) groups excluding carboxylic acids is 1. The Kier molecular flexibility index (Phi) is 39.7. The van der Waals surface area contributed by atoms with Gasteiger partial charge >= 0.3 is 5.97 Å². The second kappa shape index (κ2) is 41.0. The molecule has 0 aromatic carbocycles. The lowest BCUT2D eigenvalue weighted by Crippen LogP contribution is -2.37. The summed E-state index contributed by atoms with van der Waals surface area (Å²) in [5, 5.41) is 0. The molecule has 0 spiro atoms. The highest BCUT2D eigenvalue weighted by Gasteiger charge is 2.20. The van der Waals surface area contributed by atoms with Crippen LogP contribution in [0.2, 0.25) is 0 Å². The second-order valence-electron chi connectivity index (χ2n) is 16.4. The molecule has 8 nitrogen and oxygen atoms in total. The van der Waals surface area contributed by atoms with Crippen LogP contribution in [0.25, 0.3) is 0 Å². The van der Waals surface area contributed by atoms with Crippen LogP contribution < -0.4 is 4.89 Å². The van der Waals surface area contributed by atoms with Crippen molar-refractivity contribution in [2.24, 2.45) is 0 Å². The van der Waals surface area contributed by atoms with E-state index in [0.717, 1.165) is 64.2 Å². The van der Waals surface area contributed by atoms with Gasteiger partial charge in [-0.25, -0.2) is 0 Å². The Balaban J connectivity index is 4.06. The molecule has 0 saturated carbocycles. The summed E-state index contributed by atoms with van der Waals surface area (Å²) in [6, 6.07) is 0. The number of likely N-dealkylation sites (N-methyl/N-ethyl adjacent to an activating group) is 1. The molecule has 0 saturated heterocycles. The minimum Gasteiger partial charge on any atom is -0.756 e. The first kappa shape index (κ1) is 55.2. The number of esters is 1. The van der Waals surface area contributed by atoms with Gasteiger partial charge in [-0.15, -0.1) is 0 Å². The number of rotatable bonds is 42. The molecule has 0 rings (SSSR count). The van der Waals surface area contributed by atoms with Gasteiger partial charge in [0.1, 0.15) is 19.3 Å². The largest absolute Gasteiger partial charge is 0.756 e. The predicted molar refractivity (Wildman–Crippen MR) is 240 cm³/mol. The molecule has 0 aliphatic carbocycles. The summed E-state index contributed by atoms with van der Waals surface area (Å²) in [5.41, 5.74) is 0. The lowest BCUT2D eigenvalue weighted by molar-refractivity contribution is -0.870. The van der Waals surface area contributed by atoms with Gasteiger partial charge in [-0.1, -0.05) is 177 Å². The lowest BCUT2D eigenvalue weighted by atomic mass is 10.1. The van der Waals surface area contributed by atoms with Crippen LogP contribution in [-0.2, 0) is 27.9 Å². The molecule has 9 heteroatoms.